The van der Waals surface area contributed by atoms with Crippen molar-refractivity contribution in [1.29, 1.82) is 0 Å². The Morgan fingerprint density at radius 1 is 1.41 bits per heavy atom. The van der Waals surface area contributed by atoms with Gasteiger partial charge < -0.3 is 14.8 Å². The molecule has 1 aromatic heterocycles. The minimum absolute atomic E-state index is 0.613. The van der Waals surface area contributed by atoms with Crippen molar-refractivity contribution in [3.05, 3.63) is 12.4 Å². The van der Waals surface area contributed by atoms with Crippen LogP contribution in [0.4, 0.5) is 5.95 Å². The highest BCUT2D eigenvalue weighted by Gasteiger charge is 2.31. The summed E-state index contributed by atoms with van der Waals surface area (Å²) in [5.74, 6) is 1.05. The van der Waals surface area contributed by atoms with Gasteiger partial charge in [0.05, 0.1) is 0 Å². The number of anilines is 1. The fourth-order valence-corrected chi connectivity index (χ4v) is 3.24. The molecule has 0 spiro atoms. The maximum Gasteiger partial charge on any atom is 0.202 e. The Morgan fingerprint density at radius 3 is 3.24 bits per heavy atom. The minimum Gasteiger partial charge on any atom is -0.353 e. The molecule has 2 aliphatic heterocycles. The van der Waals surface area contributed by atoms with E-state index in [1.165, 1.54) is 38.8 Å². The first-order valence-electron chi connectivity index (χ1n) is 6.88. The summed E-state index contributed by atoms with van der Waals surface area (Å²) in [5.41, 5.74) is 0. The third kappa shape index (κ3) is 2.18. The molecule has 1 N–H and O–H groups in total. The van der Waals surface area contributed by atoms with Gasteiger partial charge in [0.15, 0.2) is 0 Å². The van der Waals surface area contributed by atoms with Crippen molar-refractivity contribution in [3.8, 4) is 0 Å². The monoisotopic (exact) mass is 234 g/mol. The van der Waals surface area contributed by atoms with Gasteiger partial charge in [-0.05, 0) is 39.2 Å². The van der Waals surface area contributed by atoms with Crippen LogP contribution < -0.4 is 5.32 Å². The third-order valence-electron chi connectivity index (χ3n) is 4.21. The van der Waals surface area contributed by atoms with Crippen LogP contribution in [0, 0.1) is 0 Å². The van der Waals surface area contributed by atoms with Gasteiger partial charge >= 0.3 is 0 Å². The second-order valence-corrected chi connectivity index (χ2v) is 5.23. The highest BCUT2D eigenvalue weighted by atomic mass is 15.2. The van der Waals surface area contributed by atoms with E-state index in [0.717, 1.165) is 18.5 Å². The largest absolute Gasteiger partial charge is 0.353 e. The Morgan fingerprint density at radius 2 is 2.35 bits per heavy atom. The molecular formula is C13H22N4. The average Bonchev–Trinajstić information content (AvgIpc) is 2.96. The van der Waals surface area contributed by atoms with Crippen molar-refractivity contribution in [2.45, 2.75) is 51.2 Å². The van der Waals surface area contributed by atoms with E-state index in [4.69, 9.17) is 0 Å². The van der Waals surface area contributed by atoms with Crippen LogP contribution in [-0.4, -0.2) is 39.6 Å². The SMILES string of the molecule is CCn1ccnc1NC1CCN2CCCC2C1. The number of aromatic nitrogens is 2. The number of aryl methyl sites for hydroxylation is 1. The molecule has 4 nitrogen and oxygen atoms in total. The van der Waals surface area contributed by atoms with Crippen LogP contribution in [0.1, 0.15) is 32.6 Å². The van der Waals surface area contributed by atoms with Crippen molar-refractivity contribution in [2.75, 3.05) is 18.4 Å². The molecule has 4 heteroatoms. The lowest BCUT2D eigenvalue weighted by Crippen LogP contribution is -2.43. The molecule has 2 fully saturated rings. The molecule has 0 amide bonds. The summed E-state index contributed by atoms with van der Waals surface area (Å²) in [6.07, 6.45) is 9.26. The molecule has 2 unspecified atom stereocenters. The van der Waals surface area contributed by atoms with E-state index in [2.05, 4.69) is 26.7 Å². The molecule has 2 aliphatic rings. The van der Waals surface area contributed by atoms with Crippen molar-refractivity contribution in [2.24, 2.45) is 0 Å². The second kappa shape index (κ2) is 4.69. The Kier molecular flexibility index (Phi) is 3.05. The van der Waals surface area contributed by atoms with Gasteiger partial charge in [-0.25, -0.2) is 4.98 Å². The topological polar surface area (TPSA) is 33.1 Å². The number of nitrogens with zero attached hydrogens (tertiary/aromatic N) is 3. The van der Waals surface area contributed by atoms with Crippen molar-refractivity contribution >= 4 is 5.95 Å². The first-order valence-corrected chi connectivity index (χ1v) is 6.88. The van der Waals surface area contributed by atoms with E-state index in [9.17, 15) is 0 Å². The number of hydrogen-bond acceptors (Lipinski definition) is 3. The van der Waals surface area contributed by atoms with Crippen LogP contribution in [0.2, 0.25) is 0 Å². The first kappa shape index (κ1) is 11.1. The molecule has 0 aliphatic carbocycles. The lowest BCUT2D eigenvalue weighted by Gasteiger charge is -2.35. The Hall–Kier alpha value is -1.03. The molecule has 2 atom stereocenters. The standard InChI is InChI=1S/C13H22N4/c1-2-16-9-6-14-13(16)15-11-5-8-17-7-3-4-12(17)10-11/h6,9,11-12H,2-5,7-8,10H2,1H3,(H,14,15). The zero-order chi connectivity index (χ0) is 11.7. The Balaban J connectivity index is 1.62. The van der Waals surface area contributed by atoms with Gasteiger partial charge in [-0.1, -0.05) is 0 Å². The molecule has 94 valence electrons. The van der Waals surface area contributed by atoms with Crippen LogP contribution in [0.25, 0.3) is 0 Å². The van der Waals surface area contributed by atoms with Gasteiger partial charge in [0.1, 0.15) is 0 Å². The molecule has 3 rings (SSSR count). The predicted molar refractivity (Wildman–Crippen MR) is 69.1 cm³/mol. The summed E-state index contributed by atoms with van der Waals surface area (Å²) < 4.78 is 2.18. The summed E-state index contributed by atoms with van der Waals surface area (Å²) >= 11 is 0. The van der Waals surface area contributed by atoms with Crippen molar-refractivity contribution in [1.82, 2.24) is 14.5 Å². The summed E-state index contributed by atoms with van der Waals surface area (Å²) in [4.78, 5) is 7.06. The molecule has 1 aromatic rings. The number of hydrogen-bond donors (Lipinski definition) is 1. The predicted octanol–water partition coefficient (Wildman–Crippen LogP) is 1.94. The van der Waals surface area contributed by atoms with Crippen LogP contribution in [0.5, 0.6) is 0 Å². The van der Waals surface area contributed by atoms with Crippen molar-refractivity contribution in [3.63, 3.8) is 0 Å². The third-order valence-corrected chi connectivity index (χ3v) is 4.21. The number of imidazole rings is 1. The van der Waals surface area contributed by atoms with Gasteiger partial charge in [-0.2, -0.15) is 0 Å². The summed E-state index contributed by atoms with van der Waals surface area (Å²) in [6, 6.07) is 1.44. The summed E-state index contributed by atoms with van der Waals surface area (Å²) in [6.45, 7) is 5.73. The van der Waals surface area contributed by atoms with Gasteiger partial charge in [0.25, 0.3) is 0 Å². The zero-order valence-electron chi connectivity index (χ0n) is 10.6. The quantitative estimate of drug-likeness (QED) is 0.867. The minimum atomic E-state index is 0.613. The molecule has 0 saturated carbocycles. The van der Waals surface area contributed by atoms with Gasteiger partial charge in [-0.3, -0.25) is 0 Å². The van der Waals surface area contributed by atoms with Gasteiger partial charge in [0.2, 0.25) is 5.95 Å². The normalized spacial score (nSPS) is 29.2. The number of rotatable bonds is 3. The second-order valence-electron chi connectivity index (χ2n) is 5.23. The lowest BCUT2D eigenvalue weighted by atomic mass is 9.98. The maximum atomic E-state index is 4.40. The molecule has 3 heterocycles. The van der Waals surface area contributed by atoms with Gasteiger partial charge in [-0.15, -0.1) is 0 Å². The fraction of sp³-hybridized carbons (Fsp3) is 0.769. The Labute approximate surface area is 103 Å². The maximum absolute atomic E-state index is 4.40. The number of nitrogens with one attached hydrogen (secondary N) is 1. The van der Waals surface area contributed by atoms with Crippen LogP contribution in [-0.2, 0) is 6.54 Å². The average molecular weight is 234 g/mol. The summed E-state index contributed by atoms with van der Waals surface area (Å²) in [5, 5.41) is 3.62. The molecule has 0 aromatic carbocycles. The Bertz CT molecular complexity index is 373. The molecule has 0 radical (unpaired) electrons. The van der Waals surface area contributed by atoms with E-state index in [1.54, 1.807) is 0 Å². The molecule has 17 heavy (non-hydrogen) atoms. The summed E-state index contributed by atoms with van der Waals surface area (Å²) in [7, 11) is 0. The smallest absolute Gasteiger partial charge is 0.202 e. The van der Waals surface area contributed by atoms with Crippen LogP contribution in [0.3, 0.4) is 0 Å². The van der Waals surface area contributed by atoms with E-state index in [1.807, 2.05) is 12.4 Å². The van der Waals surface area contributed by atoms with E-state index in [-0.39, 0.29) is 0 Å². The first-order chi connectivity index (χ1) is 8.36. The van der Waals surface area contributed by atoms with Crippen molar-refractivity contribution < 1.29 is 0 Å². The lowest BCUT2D eigenvalue weighted by molar-refractivity contribution is 0.187. The molecular weight excluding hydrogens is 212 g/mol. The zero-order valence-corrected chi connectivity index (χ0v) is 10.6. The number of piperidine rings is 1. The van der Waals surface area contributed by atoms with E-state index in [0.29, 0.717) is 6.04 Å². The van der Waals surface area contributed by atoms with E-state index < -0.39 is 0 Å². The highest BCUT2D eigenvalue weighted by molar-refractivity contribution is 5.28. The van der Waals surface area contributed by atoms with E-state index >= 15 is 0 Å². The molecule has 0 bridgehead atoms. The highest BCUT2D eigenvalue weighted by Crippen LogP contribution is 2.28. The molecule has 2 saturated heterocycles. The fourth-order valence-electron chi connectivity index (χ4n) is 3.24. The number of fused-ring (bicyclic) bond motifs is 1. The van der Waals surface area contributed by atoms with Crippen LogP contribution in [0.15, 0.2) is 12.4 Å². The van der Waals surface area contributed by atoms with Gasteiger partial charge in [0, 0.05) is 37.6 Å². The van der Waals surface area contributed by atoms with Crippen LogP contribution >= 0.6 is 0 Å².